The van der Waals surface area contributed by atoms with Gasteiger partial charge in [-0.2, -0.15) is 0 Å². The lowest BCUT2D eigenvalue weighted by molar-refractivity contribution is 0.170. The van der Waals surface area contributed by atoms with Crippen LogP contribution in [0.1, 0.15) is 56.2 Å². The van der Waals surface area contributed by atoms with Crippen molar-refractivity contribution in [3.05, 3.63) is 81.0 Å². The molecule has 6 nitrogen and oxygen atoms in total. The molecule has 4 rings (SSSR count). The third-order valence-corrected chi connectivity index (χ3v) is 6.44. The Morgan fingerprint density at radius 3 is 2.36 bits per heavy atom. The quantitative estimate of drug-likeness (QED) is 0.486. The van der Waals surface area contributed by atoms with Crippen molar-refractivity contribution < 1.29 is 4.74 Å². The molecule has 1 aromatic carbocycles. The number of piperidine rings is 1. The van der Waals surface area contributed by atoms with Gasteiger partial charge >= 0.3 is 0 Å². The predicted octanol–water partition coefficient (Wildman–Crippen LogP) is 5.07. The molecule has 1 aliphatic heterocycles. The Morgan fingerprint density at radius 1 is 1.09 bits per heavy atom. The second-order valence-electron chi connectivity index (χ2n) is 8.90. The number of hydrogen-bond donors (Lipinski definition) is 0. The minimum Gasteiger partial charge on any atom is -0.488 e. The predicted molar refractivity (Wildman–Crippen MR) is 133 cm³/mol. The number of pyridine rings is 1. The largest absolute Gasteiger partial charge is 0.488 e. The summed E-state index contributed by atoms with van der Waals surface area (Å²) >= 11 is 6.49. The second kappa shape index (κ2) is 10.4. The zero-order valence-corrected chi connectivity index (χ0v) is 20.3. The molecule has 0 bridgehead atoms. The first-order valence-corrected chi connectivity index (χ1v) is 12.0. The molecular formula is C26H31ClN4O2. The average Bonchev–Trinajstić information content (AvgIpc) is 2.83. The zero-order valence-electron chi connectivity index (χ0n) is 19.5. The molecule has 3 heterocycles. The molecule has 0 atom stereocenters. The van der Waals surface area contributed by atoms with E-state index in [-0.39, 0.29) is 11.7 Å². The first kappa shape index (κ1) is 23.3. The van der Waals surface area contributed by atoms with E-state index in [1.165, 1.54) is 11.6 Å². The van der Waals surface area contributed by atoms with Crippen LogP contribution in [0.3, 0.4) is 0 Å². The summed E-state index contributed by atoms with van der Waals surface area (Å²) in [6.45, 7) is 8.51. The number of nitrogens with zero attached hydrogens (tertiary/aromatic N) is 4. The van der Waals surface area contributed by atoms with Gasteiger partial charge in [0, 0.05) is 50.6 Å². The Labute approximate surface area is 200 Å². The van der Waals surface area contributed by atoms with E-state index < -0.39 is 0 Å². The molecule has 3 aromatic rings. The molecule has 0 spiro atoms. The normalized spacial score (nSPS) is 14.6. The van der Waals surface area contributed by atoms with Crippen molar-refractivity contribution in [1.82, 2.24) is 14.5 Å². The summed E-state index contributed by atoms with van der Waals surface area (Å²) in [6, 6.07) is 9.85. The lowest BCUT2D eigenvalue weighted by atomic mass is 10.0. The maximum Gasteiger partial charge on any atom is 0.254 e. The highest BCUT2D eigenvalue weighted by Crippen LogP contribution is 2.27. The number of benzene rings is 1. The minimum absolute atomic E-state index is 0.00694. The molecule has 0 unspecified atom stereocenters. The highest BCUT2D eigenvalue weighted by Gasteiger charge is 2.23. The Balaban J connectivity index is 1.37. The van der Waals surface area contributed by atoms with Crippen LogP contribution in [0, 0.1) is 0 Å². The Hall–Kier alpha value is -2.86. The Morgan fingerprint density at radius 2 is 1.76 bits per heavy atom. The molecule has 0 amide bonds. The minimum atomic E-state index is -0.121. The van der Waals surface area contributed by atoms with Crippen LogP contribution in [0.4, 0.5) is 5.95 Å². The molecule has 174 valence electrons. The van der Waals surface area contributed by atoms with Gasteiger partial charge in [-0.25, -0.2) is 9.97 Å². The van der Waals surface area contributed by atoms with E-state index in [0.29, 0.717) is 23.2 Å². The summed E-state index contributed by atoms with van der Waals surface area (Å²) in [6.07, 6.45) is 8.03. The van der Waals surface area contributed by atoms with Crippen LogP contribution < -0.4 is 15.2 Å². The van der Waals surface area contributed by atoms with Crippen LogP contribution in [0.15, 0.2) is 53.7 Å². The van der Waals surface area contributed by atoms with E-state index in [2.05, 4.69) is 59.9 Å². The summed E-state index contributed by atoms with van der Waals surface area (Å²) in [4.78, 5) is 23.8. The third kappa shape index (κ3) is 5.74. The van der Waals surface area contributed by atoms with Gasteiger partial charge in [-0.05, 0) is 29.0 Å². The first-order valence-electron chi connectivity index (χ1n) is 11.6. The number of ether oxygens (including phenoxy) is 1. The van der Waals surface area contributed by atoms with Crippen molar-refractivity contribution in [3.63, 3.8) is 0 Å². The molecule has 0 radical (unpaired) electrons. The molecule has 33 heavy (non-hydrogen) atoms. The summed E-state index contributed by atoms with van der Waals surface area (Å²) in [7, 11) is 0. The van der Waals surface area contributed by atoms with Crippen LogP contribution in [-0.4, -0.2) is 33.7 Å². The fraction of sp³-hybridized carbons (Fsp3) is 0.423. The molecular weight excluding hydrogens is 436 g/mol. The topological polar surface area (TPSA) is 60.3 Å². The second-order valence-corrected chi connectivity index (χ2v) is 9.30. The van der Waals surface area contributed by atoms with Crippen LogP contribution in [0.2, 0.25) is 5.02 Å². The molecule has 7 heteroatoms. The maximum absolute atomic E-state index is 12.7. The number of aromatic nitrogens is 3. The lowest BCUT2D eigenvalue weighted by Crippen LogP contribution is -2.39. The van der Waals surface area contributed by atoms with Crippen molar-refractivity contribution in [2.45, 2.75) is 58.6 Å². The van der Waals surface area contributed by atoms with Crippen LogP contribution in [0.25, 0.3) is 0 Å². The van der Waals surface area contributed by atoms with Gasteiger partial charge in [0.1, 0.15) is 11.9 Å². The van der Waals surface area contributed by atoms with Crippen molar-refractivity contribution in [2.24, 2.45) is 0 Å². The molecule has 0 N–H and O–H groups in total. The number of halogens is 1. The van der Waals surface area contributed by atoms with E-state index in [9.17, 15) is 4.79 Å². The zero-order chi connectivity index (χ0) is 23.4. The SMILES string of the molecule is CCc1cnc(N2CCC(Oc3cc(=O)n(Cc4ccc(C(C)C)cc4)cc3Cl)CC2)nc1. The maximum atomic E-state index is 12.7. The number of rotatable bonds is 7. The fourth-order valence-corrected chi connectivity index (χ4v) is 4.21. The summed E-state index contributed by atoms with van der Waals surface area (Å²) in [5, 5.41) is 0.453. The van der Waals surface area contributed by atoms with Gasteiger partial charge in [-0.3, -0.25) is 4.79 Å². The molecule has 1 fully saturated rings. The van der Waals surface area contributed by atoms with Crippen molar-refractivity contribution in [3.8, 4) is 5.75 Å². The van der Waals surface area contributed by atoms with Gasteiger partial charge in [0.25, 0.3) is 5.56 Å². The van der Waals surface area contributed by atoms with Crippen molar-refractivity contribution in [1.29, 1.82) is 0 Å². The van der Waals surface area contributed by atoms with Gasteiger partial charge in [-0.15, -0.1) is 0 Å². The lowest BCUT2D eigenvalue weighted by Gasteiger charge is -2.32. The summed E-state index contributed by atoms with van der Waals surface area (Å²) in [5.74, 6) is 1.69. The molecule has 0 aliphatic carbocycles. The van der Waals surface area contributed by atoms with Crippen molar-refractivity contribution >= 4 is 17.5 Å². The van der Waals surface area contributed by atoms with Crippen LogP contribution in [0.5, 0.6) is 5.75 Å². The smallest absolute Gasteiger partial charge is 0.254 e. The van der Waals surface area contributed by atoms with E-state index >= 15 is 0 Å². The van der Waals surface area contributed by atoms with Gasteiger partial charge in [-0.1, -0.05) is 56.6 Å². The summed E-state index contributed by atoms with van der Waals surface area (Å²) < 4.78 is 7.75. The fourth-order valence-electron chi connectivity index (χ4n) is 3.99. The Kier molecular flexibility index (Phi) is 7.33. The van der Waals surface area contributed by atoms with Gasteiger partial charge in [0.2, 0.25) is 5.95 Å². The molecule has 1 saturated heterocycles. The number of aryl methyl sites for hydroxylation is 1. The molecule has 0 saturated carbocycles. The highest BCUT2D eigenvalue weighted by molar-refractivity contribution is 6.31. The van der Waals surface area contributed by atoms with Gasteiger partial charge in [0.15, 0.2) is 0 Å². The van der Waals surface area contributed by atoms with E-state index in [0.717, 1.165) is 49.4 Å². The monoisotopic (exact) mass is 466 g/mol. The molecule has 1 aliphatic rings. The number of anilines is 1. The van der Waals surface area contributed by atoms with Gasteiger partial charge in [0.05, 0.1) is 11.6 Å². The van der Waals surface area contributed by atoms with Gasteiger partial charge < -0.3 is 14.2 Å². The highest BCUT2D eigenvalue weighted by atomic mass is 35.5. The number of hydrogen-bond acceptors (Lipinski definition) is 5. The average molecular weight is 467 g/mol. The molecule has 2 aromatic heterocycles. The van der Waals surface area contributed by atoms with Crippen molar-refractivity contribution in [2.75, 3.05) is 18.0 Å². The summed E-state index contributed by atoms with van der Waals surface area (Å²) in [5.41, 5.74) is 3.36. The standard InChI is InChI=1S/C26H31ClN4O2/c1-4-19-14-28-26(29-15-19)30-11-9-22(10-12-30)33-24-13-25(32)31(17-23(24)27)16-20-5-7-21(8-6-20)18(2)3/h5-8,13-15,17-18,22H,4,9-12,16H2,1-3H3. The van der Waals surface area contributed by atoms with E-state index in [4.69, 9.17) is 16.3 Å². The van der Waals surface area contributed by atoms with E-state index in [1.807, 2.05) is 12.4 Å². The van der Waals surface area contributed by atoms with E-state index in [1.54, 1.807) is 10.8 Å². The first-order chi connectivity index (χ1) is 15.9. The Bertz CT molecular complexity index is 1120. The third-order valence-electron chi connectivity index (χ3n) is 6.16. The van der Waals surface area contributed by atoms with Crippen LogP contribution >= 0.6 is 11.6 Å². The van der Waals surface area contributed by atoms with Crippen LogP contribution in [-0.2, 0) is 13.0 Å².